The van der Waals surface area contributed by atoms with Crippen LogP contribution in [0.15, 0.2) is 58.2 Å². The molecule has 130 valence electrons. The Morgan fingerprint density at radius 3 is 2.52 bits per heavy atom. The molecule has 3 aromatic rings. The molecule has 0 atom stereocenters. The molecule has 0 aliphatic carbocycles. The van der Waals surface area contributed by atoms with Crippen LogP contribution < -0.4 is 10.3 Å². The van der Waals surface area contributed by atoms with Crippen LogP contribution in [-0.2, 0) is 16.4 Å². The minimum absolute atomic E-state index is 0.0167. The van der Waals surface area contributed by atoms with Crippen molar-refractivity contribution in [3.8, 4) is 0 Å². The topological polar surface area (TPSA) is 79.0 Å². The number of hydrogen-bond acceptors (Lipinski definition) is 3. The average Bonchev–Trinajstić information content (AvgIpc) is 2.56. The van der Waals surface area contributed by atoms with E-state index >= 15 is 0 Å². The number of aryl methyl sites for hydroxylation is 1. The highest BCUT2D eigenvalue weighted by atomic mass is 32.2. The van der Waals surface area contributed by atoms with Gasteiger partial charge in [-0.2, -0.15) is 0 Å². The van der Waals surface area contributed by atoms with E-state index < -0.39 is 15.8 Å². The van der Waals surface area contributed by atoms with Gasteiger partial charge in [0.2, 0.25) is 10.0 Å². The molecule has 0 unspecified atom stereocenters. The summed E-state index contributed by atoms with van der Waals surface area (Å²) in [5, 5.41) is 0.899. The molecule has 0 saturated heterocycles. The van der Waals surface area contributed by atoms with E-state index in [0.29, 0.717) is 5.56 Å². The monoisotopic (exact) mass is 360 g/mol. The van der Waals surface area contributed by atoms with E-state index in [2.05, 4.69) is 9.71 Å². The predicted molar refractivity (Wildman–Crippen MR) is 94.6 cm³/mol. The van der Waals surface area contributed by atoms with Crippen molar-refractivity contribution in [3.63, 3.8) is 0 Å². The van der Waals surface area contributed by atoms with Gasteiger partial charge in [-0.25, -0.2) is 17.5 Å². The summed E-state index contributed by atoms with van der Waals surface area (Å²) >= 11 is 0. The zero-order valence-corrected chi connectivity index (χ0v) is 14.4. The molecular formula is C18H17FN2O3S. The lowest BCUT2D eigenvalue weighted by atomic mass is 10.1. The summed E-state index contributed by atoms with van der Waals surface area (Å²) in [6.45, 7) is 2.03. The number of sulfonamides is 1. The normalized spacial score (nSPS) is 11.8. The number of aromatic nitrogens is 1. The van der Waals surface area contributed by atoms with E-state index in [1.165, 1.54) is 12.1 Å². The van der Waals surface area contributed by atoms with Gasteiger partial charge in [-0.3, -0.25) is 4.79 Å². The molecule has 0 fully saturated rings. The second-order valence-electron chi connectivity index (χ2n) is 5.82. The molecule has 1 aromatic heterocycles. The maximum absolute atomic E-state index is 12.9. The zero-order chi connectivity index (χ0) is 18.0. The molecule has 0 aliphatic rings. The van der Waals surface area contributed by atoms with Gasteiger partial charge in [0.1, 0.15) is 5.82 Å². The van der Waals surface area contributed by atoms with E-state index in [0.717, 1.165) is 28.6 Å². The standard InChI is InChI=1S/C18H17FN2O3S/c1-12-2-7-17-14(10-12)11-13(18(22)21-17)8-9-20-25(23,24)16-5-3-15(19)4-6-16/h2-7,10-11,20H,8-9H2,1H3,(H,21,22). The number of rotatable bonds is 5. The Balaban J connectivity index is 1.75. The minimum Gasteiger partial charge on any atom is -0.322 e. The number of hydrogen-bond donors (Lipinski definition) is 2. The molecule has 5 nitrogen and oxygen atoms in total. The van der Waals surface area contributed by atoms with Crippen molar-refractivity contribution in [2.45, 2.75) is 18.2 Å². The molecule has 3 rings (SSSR count). The summed E-state index contributed by atoms with van der Waals surface area (Å²) < 4.78 is 39.6. The number of nitrogens with one attached hydrogen (secondary N) is 2. The average molecular weight is 360 g/mol. The highest BCUT2D eigenvalue weighted by Gasteiger charge is 2.13. The van der Waals surface area contributed by atoms with Crippen LogP contribution in [0.5, 0.6) is 0 Å². The van der Waals surface area contributed by atoms with Crippen molar-refractivity contribution in [3.05, 3.63) is 75.8 Å². The highest BCUT2D eigenvalue weighted by Crippen LogP contribution is 2.14. The number of halogens is 1. The van der Waals surface area contributed by atoms with E-state index in [4.69, 9.17) is 0 Å². The van der Waals surface area contributed by atoms with Crippen molar-refractivity contribution in [1.82, 2.24) is 9.71 Å². The fourth-order valence-corrected chi connectivity index (χ4v) is 3.61. The summed E-state index contributed by atoms with van der Waals surface area (Å²) in [4.78, 5) is 14.9. The smallest absolute Gasteiger partial charge is 0.251 e. The fourth-order valence-electron chi connectivity index (χ4n) is 2.57. The van der Waals surface area contributed by atoms with Gasteiger partial charge in [0.25, 0.3) is 5.56 Å². The van der Waals surface area contributed by atoms with Crippen molar-refractivity contribution in [2.24, 2.45) is 0 Å². The van der Waals surface area contributed by atoms with Crippen LogP contribution in [0.1, 0.15) is 11.1 Å². The second kappa shape index (κ2) is 6.78. The SMILES string of the molecule is Cc1ccc2[nH]c(=O)c(CCNS(=O)(=O)c3ccc(F)cc3)cc2c1. The Morgan fingerprint density at radius 2 is 1.80 bits per heavy atom. The minimum atomic E-state index is -3.74. The number of fused-ring (bicyclic) bond motifs is 1. The zero-order valence-electron chi connectivity index (χ0n) is 13.5. The first-order chi connectivity index (χ1) is 11.8. The Kier molecular flexibility index (Phi) is 4.69. The summed E-state index contributed by atoms with van der Waals surface area (Å²) in [7, 11) is -3.74. The molecule has 0 spiro atoms. The van der Waals surface area contributed by atoms with Crippen molar-refractivity contribution in [2.75, 3.05) is 6.54 Å². The third kappa shape index (κ3) is 3.94. The van der Waals surface area contributed by atoms with Gasteiger partial charge >= 0.3 is 0 Å². The van der Waals surface area contributed by atoms with Crippen LogP contribution in [-0.4, -0.2) is 19.9 Å². The molecule has 1 heterocycles. The van der Waals surface area contributed by atoms with Crippen molar-refractivity contribution >= 4 is 20.9 Å². The van der Waals surface area contributed by atoms with E-state index in [1.807, 2.05) is 25.1 Å². The van der Waals surface area contributed by atoms with Crippen LogP contribution in [0.25, 0.3) is 10.9 Å². The Hall–Kier alpha value is -2.51. The number of H-pyrrole nitrogens is 1. The Morgan fingerprint density at radius 1 is 1.08 bits per heavy atom. The molecule has 2 N–H and O–H groups in total. The van der Waals surface area contributed by atoms with Gasteiger partial charge in [0.05, 0.1) is 4.90 Å². The van der Waals surface area contributed by atoms with Gasteiger partial charge in [0, 0.05) is 17.6 Å². The van der Waals surface area contributed by atoms with Crippen LogP contribution in [0, 0.1) is 12.7 Å². The molecule has 7 heteroatoms. The lowest BCUT2D eigenvalue weighted by Crippen LogP contribution is -2.27. The number of benzene rings is 2. The van der Waals surface area contributed by atoms with Gasteiger partial charge in [-0.15, -0.1) is 0 Å². The van der Waals surface area contributed by atoms with Gasteiger partial charge in [-0.1, -0.05) is 11.6 Å². The first-order valence-electron chi connectivity index (χ1n) is 7.73. The van der Waals surface area contributed by atoms with E-state index in [9.17, 15) is 17.6 Å². The fraction of sp³-hybridized carbons (Fsp3) is 0.167. The van der Waals surface area contributed by atoms with Crippen LogP contribution in [0.4, 0.5) is 4.39 Å². The highest BCUT2D eigenvalue weighted by molar-refractivity contribution is 7.89. The molecule has 0 bridgehead atoms. The lowest BCUT2D eigenvalue weighted by molar-refractivity contribution is 0.580. The number of pyridine rings is 1. The molecule has 0 amide bonds. The van der Waals surface area contributed by atoms with Crippen LogP contribution >= 0.6 is 0 Å². The molecular weight excluding hydrogens is 343 g/mol. The van der Waals surface area contributed by atoms with Gasteiger partial charge < -0.3 is 4.98 Å². The maximum Gasteiger partial charge on any atom is 0.251 e. The van der Waals surface area contributed by atoms with Gasteiger partial charge in [-0.05, 0) is 61.2 Å². The quantitative estimate of drug-likeness (QED) is 0.734. The molecule has 25 heavy (non-hydrogen) atoms. The third-order valence-corrected chi connectivity index (χ3v) is 5.36. The molecule has 0 aliphatic heterocycles. The predicted octanol–water partition coefficient (Wildman–Crippen LogP) is 2.50. The maximum atomic E-state index is 12.9. The van der Waals surface area contributed by atoms with E-state index in [1.54, 1.807) is 6.07 Å². The molecule has 2 aromatic carbocycles. The largest absolute Gasteiger partial charge is 0.322 e. The first-order valence-corrected chi connectivity index (χ1v) is 9.21. The second-order valence-corrected chi connectivity index (χ2v) is 7.58. The Bertz CT molecular complexity index is 1070. The molecule has 0 radical (unpaired) electrons. The number of aromatic amines is 1. The lowest BCUT2D eigenvalue weighted by Gasteiger charge is -2.07. The van der Waals surface area contributed by atoms with Crippen molar-refractivity contribution < 1.29 is 12.8 Å². The van der Waals surface area contributed by atoms with Crippen LogP contribution in [0.2, 0.25) is 0 Å². The third-order valence-electron chi connectivity index (χ3n) is 3.89. The summed E-state index contributed by atoms with van der Waals surface area (Å²) in [5.74, 6) is -0.503. The summed E-state index contributed by atoms with van der Waals surface area (Å²) in [6.07, 6.45) is 0.250. The van der Waals surface area contributed by atoms with Crippen LogP contribution in [0.3, 0.4) is 0 Å². The summed E-state index contributed by atoms with van der Waals surface area (Å²) in [6, 6.07) is 12.1. The van der Waals surface area contributed by atoms with Crippen molar-refractivity contribution in [1.29, 1.82) is 0 Å². The van der Waals surface area contributed by atoms with E-state index in [-0.39, 0.29) is 23.4 Å². The first kappa shape index (κ1) is 17.3. The molecule has 0 saturated carbocycles. The Labute approximate surface area is 144 Å². The summed E-state index contributed by atoms with van der Waals surface area (Å²) in [5.41, 5.74) is 2.07. The van der Waals surface area contributed by atoms with Gasteiger partial charge in [0.15, 0.2) is 0 Å².